The summed E-state index contributed by atoms with van der Waals surface area (Å²) in [4.78, 5) is 24.6. The van der Waals surface area contributed by atoms with Gasteiger partial charge in [-0.2, -0.15) is 13.2 Å². The number of nitrogens with zero attached hydrogens (tertiary/aromatic N) is 1. The van der Waals surface area contributed by atoms with E-state index in [0.717, 1.165) is 6.92 Å². The summed E-state index contributed by atoms with van der Waals surface area (Å²) in [6, 6.07) is 7.85. The fraction of sp³-hybridized carbons (Fsp3) is 0.375. The second-order valence-electron chi connectivity index (χ2n) is 6.03. The van der Waals surface area contributed by atoms with E-state index in [-0.39, 0.29) is 5.56 Å². The molecule has 0 heterocycles. The van der Waals surface area contributed by atoms with Gasteiger partial charge in [-0.3, -0.25) is 9.59 Å². The molecule has 1 rings (SSSR count). The van der Waals surface area contributed by atoms with E-state index in [1.54, 1.807) is 39.0 Å². The minimum atomic E-state index is -4.63. The lowest BCUT2D eigenvalue weighted by Gasteiger charge is -2.29. The van der Waals surface area contributed by atoms with Crippen LogP contribution in [0.15, 0.2) is 42.0 Å². The summed E-state index contributed by atoms with van der Waals surface area (Å²) in [5.74, 6) is -1.81. The average Bonchev–Trinajstić information content (AvgIpc) is 2.43. The molecule has 0 aliphatic carbocycles. The van der Waals surface area contributed by atoms with Crippen molar-refractivity contribution in [1.29, 1.82) is 0 Å². The molecule has 0 saturated heterocycles. The predicted octanol–water partition coefficient (Wildman–Crippen LogP) is 3.47. The highest BCUT2D eigenvalue weighted by atomic mass is 19.4. The van der Waals surface area contributed by atoms with Crippen LogP contribution < -0.4 is 5.43 Å². The largest absolute Gasteiger partial charge is 0.412 e. The Morgan fingerprint density at radius 2 is 1.61 bits per heavy atom. The smallest absolute Gasteiger partial charge is 0.268 e. The van der Waals surface area contributed by atoms with E-state index in [1.165, 1.54) is 12.1 Å². The lowest BCUT2D eigenvalue weighted by Crippen LogP contribution is -2.54. The minimum Gasteiger partial charge on any atom is -0.268 e. The maximum absolute atomic E-state index is 12.6. The van der Waals surface area contributed by atoms with Gasteiger partial charge in [0.05, 0.1) is 0 Å². The molecule has 2 amide bonds. The molecule has 0 fully saturated rings. The molecule has 126 valence electrons. The zero-order chi connectivity index (χ0) is 17.8. The number of alkyl halides is 3. The van der Waals surface area contributed by atoms with E-state index < -0.39 is 29.1 Å². The zero-order valence-electron chi connectivity index (χ0n) is 13.4. The van der Waals surface area contributed by atoms with Crippen molar-refractivity contribution in [2.45, 2.75) is 39.4 Å². The van der Waals surface area contributed by atoms with Gasteiger partial charge in [0.15, 0.2) is 0 Å². The van der Waals surface area contributed by atoms with Gasteiger partial charge in [0.25, 0.3) is 11.8 Å². The first kappa shape index (κ1) is 18.9. The molecule has 0 atom stereocenters. The van der Waals surface area contributed by atoms with Crippen molar-refractivity contribution in [3.05, 3.63) is 47.5 Å². The Bertz CT molecular complexity index is 602. The van der Waals surface area contributed by atoms with Crippen molar-refractivity contribution >= 4 is 11.8 Å². The van der Waals surface area contributed by atoms with Crippen LogP contribution in [-0.2, 0) is 4.79 Å². The van der Waals surface area contributed by atoms with Crippen LogP contribution in [0.3, 0.4) is 0 Å². The van der Waals surface area contributed by atoms with Gasteiger partial charge in [-0.1, -0.05) is 18.2 Å². The Morgan fingerprint density at radius 1 is 1.09 bits per heavy atom. The highest BCUT2D eigenvalue weighted by Gasteiger charge is 2.33. The van der Waals surface area contributed by atoms with E-state index in [9.17, 15) is 22.8 Å². The highest BCUT2D eigenvalue weighted by molar-refractivity contribution is 6.07. The second kappa shape index (κ2) is 6.95. The van der Waals surface area contributed by atoms with Gasteiger partial charge >= 0.3 is 6.18 Å². The third-order valence-electron chi connectivity index (χ3n) is 2.68. The number of hydrogen-bond donors (Lipinski definition) is 1. The summed E-state index contributed by atoms with van der Waals surface area (Å²) < 4.78 is 37.8. The number of nitrogens with one attached hydrogen (secondary N) is 1. The molecule has 0 saturated carbocycles. The van der Waals surface area contributed by atoms with Crippen LogP contribution in [0.5, 0.6) is 0 Å². The number of carbonyl (C=O) groups excluding carboxylic acids is 2. The third kappa shape index (κ3) is 5.86. The SMILES string of the molecule is CC(=CC(=O)N(NC(C)(C)C)C(=O)c1ccccc1)C(F)(F)F. The van der Waals surface area contributed by atoms with Crippen molar-refractivity contribution in [1.82, 2.24) is 10.4 Å². The number of imide groups is 1. The molecule has 0 aliphatic rings. The first-order valence-corrected chi connectivity index (χ1v) is 6.88. The minimum absolute atomic E-state index is 0.190. The van der Waals surface area contributed by atoms with Gasteiger partial charge in [0.1, 0.15) is 0 Å². The Hall–Kier alpha value is -2.15. The van der Waals surface area contributed by atoms with Crippen molar-refractivity contribution < 1.29 is 22.8 Å². The first-order valence-electron chi connectivity index (χ1n) is 6.88. The number of benzene rings is 1. The number of rotatable bonds is 3. The van der Waals surface area contributed by atoms with Crippen molar-refractivity contribution in [2.75, 3.05) is 0 Å². The van der Waals surface area contributed by atoms with Gasteiger partial charge < -0.3 is 0 Å². The Labute approximate surface area is 132 Å². The average molecular weight is 328 g/mol. The first-order chi connectivity index (χ1) is 10.4. The predicted molar refractivity (Wildman–Crippen MR) is 80.3 cm³/mol. The Kier molecular flexibility index (Phi) is 5.71. The fourth-order valence-corrected chi connectivity index (χ4v) is 1.58. The van der Waals surface area contributed by atoms with E-state index in [2.05, 4.69) is 5.43 Å². The summed E-state index contributed by atoms with van der Waals surface area (Å²) in [6.45, 7) is 5.84. The van der Waals surface area contributed by atoms with Crippen LogP contribution in [0.4, 0.5) is 13.2 Å². The summed E-state index contributed by atoms with van der Waals surface area (Å²) in [5, 5.41) is 0.602. The molecule has 0 radical (unpaired) electrons. The van der Waals surface area contributed by atoms with Crippen LogP contribution in [0.25, 0.3) is 0 Å². The van der Waals surface area contributed by atoms with E-state index in [1.807, 2.05) is 0 Å². The molecule has 4 nitrogen and oxygen atoms in total. The lowest BCUT2D eigenvalue weighted by molar-refractivity contribution is -0.128. The maximum atomic E-state index is 12.6. The van der Waals surface area contributed by atoms with E-state index >= 15 is 0 Å². The molecule has 1 N–H and O–H groups in total. The number of allylic oxidation sites excluding steroid dienone is 1. The van der Waals surface area contributed by atoms with Crippen LogP contribution >= 0.6 is 0 Å². The Balaban J connectivity index is 3.16. The maximum Gasteiger partial charge on any atom is 0.412 e. The molecule has 1 aromatic carbocycles. The van der Waals surface area contributed by atoms with Gasteiger partial charge in [-0.15, -0.1) is 0 Å². The molecule has 0 bridgehead atoms. The van der Waals surface area contributed by atoms with Gasteiger partial charge in [-0.05, 0) is 39.8 Å². The standard InChI is InChI=1S/C16H19F3N2O2/c1-11(16(17,18)19)10-13(22)21(20-15(2,3)4)14(23)12-8-6-5-7-9-12/h5-10,20H,1-4H3. The third-order valence-corrected chi connectivity index (χ3v) is 2.68. The van der Waals surface area contributed by atoms with Gasteiger partial charge in [0, 0.05) is 22.8 Å². The zero-order valence-corrected chi connectivity index (χ0v) is 13.4. The van der Waals surface area contributed by atoms with Crippen molar-refractivity contribution in [2.24, 2.45) is 0 Å². The van der Waals surface area contributed by atoms with Crippen LogP contribution in [0, 0.1) is 0 Å². The number of halogens is 3. The monoisotopic (exact) mass is 328 g/mol. The molecular formula is C16H19F3N2O2. The summed E-state index contributed by atoms with van der Waals surface area (Å²) in [6.07, 6.45) is -4.22. The summed E-state index contributed by atoms with van der Waals surface area (Å²) in [5.41, 5.74) is 1.05. The molecular weight excluding hydrogens is 309 g/mol. The van der Waals surface area contributed by atoms with E-state index in [4.69, 9.17) is 0 Å². The molecule has 0 unspecified atom stereocenters. The Morgan fingerprint density at radius 3 is 2.04 bits per heavy atom. The molecule has 0 aromatic heterocycles. The fourth-order valence-electron chi connectivity index (χ4n) is 1.58. The topological polar surface area (TPSA) is 49.4 Å². The number of carbonyl (C=O) groups is 2. The van der Waals surface area contributed by atoms with E-state index in [0.29, 0.717) is 11.1 Å². The quantitative estimate of drug-likeness (QED) is 0.683. The molecule has 1 aromatic rings. The van der Waals surface area contributed by atoms with Crippen LogP contribution in [-0.4, -0.2) is 28.5 Å². The second-order valence-corrected chi connectivity index (χ2v) is 6.03. The molecule has 7 heteroatoms. The number of hydrazine groups is 1. The number of hydrogen-bond acceptors (Lipinski definition) is 3. The van der Waals surface area contributed by atoms with Crippen LogP contribution in [0.1, 0.15) is 38.1 Å². The van der Waals surface area contributed by atoms with Crippen LogP contribution in [0.2, 0.25) is 0 Å². The molecule has 0 spiro atoms. The van der Waals surface area contributed by atoms with Gasteiger partial charge in [0.2, 0.25) is 0 Å². The normalized spacial score (nSPS) is 12.9. The lowest BCUT2D eigenvalue weighted by atomic mass is 10.1. The summed E-state index contributed by atoms with van der Waals surface area (Å²) >= 11 is 0. The van der Waals surface area contributed by atoms with Crippen molar-refractivity contribution in [3.63, 3.8) is 0 Å². The highest BCUT2D eigenvalue weighted by Crippen LogP contribution is 2.25. The number of amides is 2. The summed E-state index contributed by atoms with van der Waals surface area (Å²) in [7, 11) is 0. The molecule has 23 heavy (non-hydrogen) atoms. The molecule has 0 aliphatic heterocycles. The van der Waals surface area contributed by atoms with Gasteiger partial charge in [-0.25, -0.2) is 10.4 Å². The van der Waals surface area contributed by atoms with Crippen molar-refractivity contribution in [3.8, 4) is 0 Å².